The van der Waals surface area contributed by atoms with Gasteiger partial charge in [-0.1, -0.05) is 54.1 Å². The molecule has 5 nitrogen and oxygen atoms in total. The Labute approximate surface area is 201 Å². The van der Waals surface area contributed by atoms with E-state index >= 15 is 0 Å². The molecular weight excluding hydrogens is 511 g/mol. The van der Waals surface area contributed by atoms with Crippen LogP contribution in [0.1, 0.15) is 29.5 Å². The molecule has 0 atom stereocenters. The summed E-state index contributed by atoms with van der Waals surface area (Å²) >= 11 is 6.19. The van der Waals surface area contributed by atoms with Gasteiger partial charge in [0.15, 0.2) is 5.96 Å². The van der Waals surface area contributed by atoms with Gasteiger partial charge in [0.05, 0.1) is 0 Å². The van der Waals surface area contributed by atoms with E-state index in [1.54, 1.807) is 7.05 Å². The van der Waals surface area contributed by atoms with Crippen LogP contribution in [0, 0.1) is 0 Å². The van der Waals surface area contributed by atoms with Crippen LogP contribution in [0.4, 0.5) is 0 Å². The van der Waals surface area contributed by atoms with Gasteiger partial charge in [0, 0.05) is 44.7 Å². The lowest BCUT2D eigenvalue weighted by molar-refractivity contribution is -0.132. The largest absolute Gasteiger partial charge is 0.356 e. The minimum Gasteiger partial charge on any atom is -0.356 e. The van der Waals surface area contributed by atoms with Crippen molar-refractivity contribution in [2.75, 3.05) is 26.7 Å². The van der Waals surface area contributed by atoms with E-state index in [9.17, 15) is 4.79 Å². The van der Waals surface area contributed by atoms with Crippen molar-refractivity contribution in [2.45, 2.75) is 32.2 Å². The van der Waals surface area contributed by atoms with Crippen LogP contribution in [0.2, 0.25) is 5.02 Å². The number of amides is 1. The zero-order chi connectivity index (χ0) is 20.5. The van der Waals surface area contributed by atoms with Gasteiger partial charge in [-0.25, -0.2) is 0 Å². The fourth-order valence-electron chi connectivity index (χ4n) is 3.55. The van der Waals surface area contributed by atoms with E-state index in [4.69, 9.17) is 11.6 Å². The summed E-state index contributed by atoms with van der Waals surface area (Å²) in [4.78, 5) is 18.7. The van der Waals surface area contributed by atoms with Gasteiger partial charge in [0.2, 0.25) is 5.91 Å². The lowest BCUT2D eigenvalue weighted by Crippen LogP contribution is -2.39. The summed E-state index contributed by atoms with van der Waals surface area (Å²) in [5.74, 6) is 0.972. The maximum absolute atomic E-state index is 12.5. The van der Waals surface area contributed by atoms with Crippen molar-refractivity contribution in [3.8, 4) is 0 Å². The van der Waals surface area contributed by atoms with Crippen LogP contribution in [0.5, 0.6) is 0 Å². The third-order valence-electron chi connectivity index (χ3n) is 5.21. The number of carbonyl (C=O) groups excluding carboxylic acids is 1. The third-order valence-corrected chi connectivity index (χ3v) is 5.58. The first-order valence-corrected chi connectivity index (χ1v) is 10.6. The van der Waals surface area contributed by atoms with E-state index in [1.165, 1.54) is 11.1 Å². The highest BCUT2D eigenvalue weighted by atomic mass is 127. The number of carbonyl (C=O) groups is 1. The summed E-state index contributed by atoms with van der Waals surface area (Å²) in [6.45, 7) is 3.00. The van der Waals surface area contributed by atoms with Gasteiger partial charge in [-0.2, -0.15) is 0 Å². The molecular formula is C23H30ClIN4O. The molecule has 0 saturated carbocycles. The average molecular weight is 541 g/mol. The van der Waals surface area contributed by atoms with Crippen LogP contribution < -0.4 is 10.6 Å². The van der Waals surface area contributed by atoms with Gasteiger partial charge >= 0.3 is 0 Å². The smallest absolute Gasteiger partial charge is 0.222 e. The molecule has 2 N–H and O–H groups in total. The minimum absolute atomic E-state index is 0. The van der Waals surface area contributed by atoms with E-state index < -0.39 is 0 Å². The molecule has 0 bridgehead atoms. The zero-order valence-electron chi connectivity index (χ0n) is 17.4. The highest BCUT2D eigenvalue weighted by Crippen LogP contribution is 2.19. The highest BCUT2D eigenvalue weighted by molar-refractivity contribution is 14.0. The molecule has 0 fully saturated rings. The fraction of sp³-hybridized carbons (Fsp3) is 0.391. The molecule has 2 aromatic rings. The number of aliphatic imine (C=N–C) groups is 1. The first-order valence-electron chi connectivity index (χ1n) is 10.2. The Balaban J connectivity index is 0.00000320. The highest BCUT2D eigenvalue weighted by Gasteiger charge is 2.19. The minimum atomic E-state index is 0. The van der Waals surface area contributed by atoms with Crippen LogP contribution in [0.25, 0.3) is 0 Å². The van der Waals surface area contributed by atoms with E-state index in [0.29, 0.717) is 13.0 Å². The standard InChI is InChI=1S/C23H29ClN4O.HI/c1-25-23(27-15-12-19-8-4-5-10-21(19)24)26-14-6-11-22(29)28-16-13-18-7-2-3-9-20(18)17-28;/h2-5,7-10H,6,11-17H2,1H3,(H2,25,26,27);1H. The predicted octanol–water partition coefficient (Wildman–Crippen LogP) is 4.03. The van der Waals surface area contributed by atoms with Crippen molar-refractivity contribution < 1.29 is 4.79 Å². The topological polar surface area (TPSA) is 56.7 Å². The molecule has 1 amide bonds. The van der Waals surface area contributed by atoms with Crippen molar-refractivity contribution in [2.24, 2.45) is 4.99 Å². The normalized spacial score (nSPS) is 13.3. The van der Waals surface area contributed by atoms with Gasteiger partial charge in [0.1, 0.15) is 0 Å². The molecule has 3 rings (SSSR count). The summed E-state index contributed by atoms with van der Waals surface area (Å²) in [6, 6.07) is 16.3. The van der Waals surface area contributed by atoms with Crippen LogP contribution in [-0.2, 0) is 24.2 Å². The van der Waals surface area contributed by atoms with Gasteiger partial charge in [-0.3, -0.25) is 9.79 Å². The Morgan fingerprint density at radius 3 is 2.53 bits per heavy atom. The van der Waals surface area contributed by atoms with Gasteiger partial charge in [-0.05, 0) is 42.0 Å². The third kappa shape index (κ3) is 7.16. The van der Waals surface area contributed by atoms with Gasteiger partial charge in [0.25, 0.3) is 0 Å². The number of guanidine groups is 1. The molecule has 0 unspecified atom stereocenters. The Hall–Kier alpha value is -1.80. The number of fused-ring (bicyclic) bond motifs is 1. The second-order valence-electron chi connectivity index (χ2n) is 7.20. The molecule has 0 radical (unpaired) electrons. The van der Waals surface area contributed by atoms with Crippen LogP contribution in [0.3, 0.4) is 0 Å². The van der Waals surface area contributed by atoms with Crippen LogP contribution in [-0.4, -0.2) is 43.4 Å². The van der Waals surface area contributed by atoms with Crippen molar-refractivity contribution in [1.29, 1.82) is 0 Å². The summed E-state index contributed by atoms with van der Waals surface area (Å²) in [6.07, 6.45) is 3.10. The molecule has 0 spiro atoms. The van der Waals surface area contributed by atoms with E-state index in [1.807, 2.05) is 35.2 Å². The Bertz CT molecular complexity index is 859. The maximum atomic E-state index is 12.5. The number of rotatable bonds is 7. The summed E-state index contributed by atoms with van der Waals surface area (Å²) in [7, 11) is 1.75. The van der Waals surface area contributed by atoms with Crippen LogP contribution in [0.15, 0.2) is 53.5 Å². The average Bonchev–Trinajstić information content (AvgIpc) is 2.76. The molecule has 0 aliphatic carbocycles. The monoisotopic (exact) mass is 540 g/mol. The molecule has 7 heteroatoms. The second kappa shape index (κ2) is 12.8. The van der Waals surface area contributed by atoms with Crippen molar-refractivity contribution in [3.63, 3.8) is 0 Å². The summed E-state index contributed by atoms with van der Waals surface area (Å²) in [5, 5.41) is 7.36. The molecule has 0 aromatic heterocycles. The number of halogens is 2. The predicted molar refractivity (Wildman–Crippen MR) is 135 cm³/mol. The van der Waals surface area contributed by atoms with Crippen molar-refractivity contribution >= 4 is 47.4 Å². The first-order chi connectivity index (χ1) is 14.2. The van der Waals surface area contributed by atoms with Crippen LogP contribution >= 0.6 is 35.6 Å². The summed E-state index contributed by atoms with van der Waals surface area (Å²) < 4.78 is 0. The SMILES string of the molecule is CN=C(NCCCC(=O)N1CCc2ccccc2C1)NCCc1ccccc1Cl.I. The summed E-state index contributed by atoms with van der Waals surface area (Å²) in [5.41, 5.74) is 3.75. The number of nitrogens with zero attached hydrogens (tertiary/aromatic N) is 2. The lowest BCUT2D eigenvalue weighted by Gasteiger charge is -2.29. The van der Waals surface area contributed by atoms with E-state index in [2.05, 4.69) is 33.8 Å². The molecule has 1 heterocycles. The number of nitrogens with one attached hydrogen (secondary N) is 2. The fourth-order valence-corrected chi connectivity index (χ4v) is 3.78. The number of benzene rings is 2. The molecule has 162 valence electrons. The zero-order valence-corrected chi connectivity index (χ0v) is 20.5. The molecule has 0 saturated heterocycles. The van der Waals surface area contributed by atoms with E-state index in [-0.39, 0.29) is 29.9 Å². The first kappa shape index (κ1) is 24.5. The maximum Gasteiger partial charge on any atom is 0.222 e. The number of hydrogen-bond donors (Lipinski definition) is 2. The second-order valence-corrected chi connectivity index (χ2v) is 7.61. The molecule has 30 heavy (non-hydrogen) atoms. The lowest BCUT2D eigenvalue weighted by atomic mass is 9.99. The Kier molecular flexibility index (Phi) is 10.4. The molecule has 2 aromatic carbocycles. The Morgan fingerprint density at radius 2 is 1.77 bits per heavy atom. The number of hydrogen-bond acceptors (Lipinski definition) is 2. The van der Waals surface area contributed by atoms with Gasteiger partial charge < -0.3 is 15.5 Å². The van der Waals surface area contributed by atoms with E-state index in [0.717, 1.165) is 55.4 Å². The quantitative estimate of drug-likeness (QED) is 0.241. The van der Waals surface area contributed by atoms with Crippen molar-refractivity contribution in [1.82, 2.24) is 15.5 Å². The van der Waals surface area contributed by atoms with Crippen molar-refractivity contribution in [3.05, 3.63) is 70.2 Å². The van der Waals surface area contributed by atoms with Gasteiger partial charge in [-0.15, -0.1) is 24.0 Å². The molecule has 1 aliphatic rings. The molecule has 1 aliphatic heterocycles. The Morgan fingerprint density at radius 1 is 1.07 bits per heavy atom.